The van der Waals surface area contributed by atoms with Crippen molar-refractivity contribution in [3.63, 3.8) is 0 Å². The van der Waals surface area contributed by atoms with Gasteiger partial charge >= 0.3 is 5.97 Å². The minimum atomic E-state index is -0.874. The highest BCUT2D eigenvalue weighted by molar-refractivity contribution is 6.32. The molecule has 106 valence electrons. The number of halogens is 1. The molecule has 7 heteroatoms. The molecule has 0 bridgehead atoms. The quantitative estimate of drug-likeness (QED) is 0.883. The van der Waals surface area contributed by atoms with Crippen LogP contribution in [0.2, 0.25) is 5.02 Å². The van der Waals surface area contributed by atoms with E-state index in [0.29, 0.717) is 34.9 Å². The Labute approximate surface area is 119 Å². The number of rotatable bonds is 4. The van der Waals surface area contributed by atoms with Gasteiger partial charge in [0.15, 0.2) is 11.5 Å². The molecule has 2 aliphatic rings. The lowest BCUT2D eigenvalue weighted by Crippen LogP contribution is -2.34. The van der Waals surface area contributed by atoms with E-state index < -0.39 is 11.4 Å². The van der Waals surface area contributed by atoms with Gasteiger partial charge in [0, 0.05) is 12.1 Å². The van der Waals surface area contributed by atoms with E-state index in [1.165, 1.54) is 12.1 Å². The van der Waals surface area contributed by atoms with Gasteiger partial charge in [-0.15, -0.1) is 0 Å². The van der Waals surface area contributed by atoms with E-state index in [-0.39, 0.29) is 19.2 Å². The molecule has 1 aliphatic heterocycles. The predicted octanol–water partition coefficient (Wildman–Crippen LogP) is 1.66. The van der Waals surface area contributed by atoms with Gasteiger partial charge in [0.1, 0.15) is 0 Å². The molecule has 3 rings (SSSR count). The summed E-state index contributed by atoms with van der Waals surface area (Å²) >= 11 is 5.99. The predicted molar refractivity (Wildman–Crippen MR) is 69.2 cm³/mol. The highest BCUT2D eigenvalue weighted by Crippen LogP contribution is 2.45. The Morgan fingerprint density at radius 3 is 2.75 bits per heavy atom. The molecule has 1 heterocycles. The number of carbonyl (C=O) groups excluding carboxylic acids is 1. The molecule has 1 fully saturated rings. The van der Waals surface area contributed by atoms with Gasteiger partial charge in [-0.25, -0.2) is 0 Å². The van der Waals surface area contributed by atoms with E-state index in [0.717, 1.165) is 0 Å². The van der Waals surface area contributed by atoms with E-state index in [9.17, 15) is 9.59 Å². The lowest BCUT2D eigenvalue weighted by molar-refractivity contribution is -0.143. The molecule has 0 spiro atoms. The van der Waals surface area contributed by atoms with Gasteiger partial charge in [-0.05, 0) is 25.0 Å². The maximum absolute atomic E-state index is 12.0. The summed E-state index contributed by atoms with van der Waals surface area (Å²) in [5.41, 5.74) is -0.476. The van der Waals surface area contributed by atoms with Crippen LogP contribution in [-0.2, 0) is 4.79 Å². The van der Waals surface area contributed by atoms with Crippen LogP contribution in [0.15, 0.2) is 12.1 Å². The van der Waals surface area contributed by atoms with Crippen molar-refractivity contribution in [3.8, 4) is 11.5 Å². The second-order valence-electron chi connectivity index (χ2n) is 4.96. The van der Waals surface area contributed by atoms with E-state index in [4.69, 9.17) is 26.2 Å². The SMILES string of the molecule is O=C(NCC1(C(=O)O)CC1)c1cc(Cl)c2c(c1)OCO2. The zero-order valence-corrected chi connectivity index (χ0v) is 11.2. The number of ether oxygens (including phenoxy) is 2. The van der Waals surface area contributed by atoms with Crippen molar-refractivity contribution in [1.29, 1.82) is 0 Å². The Balaban J connectivity index is 1.72. The second-order valence-corrected chi connectivity index (χ2v) is 5.37. The van der Waals surface area contributed by atoms with Gasteiger partial charge in [0.05, 0.1) is 10.4 Å². The smallest absolute Gasteiger partial charge is 0.311 e. The summed E-state index contributed by atoms with van der Waals surface area (Å²) in [5, 5.41) is 12.0. The number of aliphatic carboxylic acids is 1. The number of carbonyl (C=O) groups is 2. The standard InChI is InChI=1S/C13H12ClNO5/c14-8-3-7(4-9-10(8)20-6-19-9)11(16)15-5-13(1-2-13)12(17)18/h3-4H,1-2,5-6H2,(H,15,16)(H,17,18). The molecule has 1 saturated carbocycles. The van der Waals surface area contributed by atoms with Crippen LogP contribution in [0.3, 0.4) is 0 Å². The Morgan fingerprint density at radius 2 is 2.10 bits per heavy atom. The van der Waals surface area contributed by atoms with Gasteiger partial charge in [0.25, 0.3) is 5.91 Å². The topological polar surface area (TPSA) is 84.9 Å². The molecule has 0 unspecified atom stereocenters. The van der Waals surface area contributed by atoms with E-state index in [1.54, 1.807) is 0 Å². The number of carboxylic acids is 1. The fourth-order valence-electron chi connectivity index (χ4n) is 2.07. The normalized spacial score (nSPS) is 17.6. The number of amides is 1. The lowest BCUT2D eigenvalue weighted by Gasteiger charge is -2.11. The molecular formula is C13H12ClNO5. The molecule has 1 aliphatic carbocycles. The fraction of sp³-hybridized carbons (Fsp3) is 0.385. The first-order chi connectivity index (χ1) is 9.52. The first-order valence-electron chi connectivity index (χ1n) is 6.13. The van der Waals surface area contributed by atoms with Crippen molar-refractivity contribution in [2.45, 2.75) is 12.8 Å². The highest BCUT2D eigenvalue weighted by atomic mass is 35.5. The average molecular weight is 298 g/mol. The second kappa shape index (κ2) is 4.56. The third kappa shape index (κ3) is 2.16. The maximum atomic E-state index is 12.0. The molecule has 0 atom stereocenters. The Kier molecular flexibility index (Phi) is 2.97. The molecule has 0 saturated heterocycles. The molecule has 20 heavy (non-hydrogen) atoms. The van der Waals surface area contributed by atoms with E-state index >= 15 is 0 Å². The van der Waals surface area contributed by atoms with Crippen molar-refractivity contribution in [3.05, 3.63) is 22.7 Å². The van der Waals surface area contributed by atoms with Gasteiger partial charge in [-0.3, -0.25) is 9.59 Å². The van der Waals surface area contributed by atoms with E-state index in [1.807, 2.05) is 0 Å². The summed E-state index contributed by atoms with van der Waals surface area (Å²) in [5.74, 6) is -0.409. The molecule has 6 nitrogen and oxygen atoms in total. The van der Waals surface area contributed by atoms with Crippen LogP contribution < -0.4 is 14.8 Å². The molecular weight excluding hydrogens is 286 g/mol. The first-order valence-corrected chi connectivity index (χ1v) is 6.50. The van der Waals surface area contributed by atoms with Gasteiger partial charge < -0.3 is 19.9 Å². The van der Waals surface area contributed by atoms with Crippen molar-refractivity contribution in [2.75, 3.05) is 13.3 Å². The maximum Gasteiger partial charge on any atom is 0.311 e. The molecule has 2 N–H and O–H groups in total. The van der Waals surface area contributed by atoms with Crippen LogP contribution in [0.1, 0.15) is 23.2 Å². The summed E-state index contributed by atoms with van der Waals surface area (Å²) < 4.78 is 10.3. The number of carboxylic acid groups (broad SMARTS) is 1. The summed E-state index contributed by atoms with van der Waals surface area (Å²) in [6.45, 7) is 0.190. The van der Waals surface area contributed by atoms with Crippen LogP contribution in [0.25, 0.3) is 0 Å². The molecule has 1 aromatic carbocycles. The zero-order chi connectivity index (χ0) is 14.3. The molecule has 1 aromatic rings. The summed E-state index contributed by atoms with van der Waals surface area (Å²) in [4.78, 5) is 23.1. The van der Waals surface area contributed by atoms with Crippen LogP contribution in [0.5, 0.6) is 11.5 Å². The average Bonchev–Trinajstić information content (AvgIpc) is 3.06. The lowest BCUT2D eigenvalue weighted by atomic mass is 10.1. The third-order valence-electron chi connectivity index (χ3n) is 3.58. The van der Waals surface area contributed by atoms with Crippen molar-refractivity contribution in [1.82, 2.24) is 5.32 Å². The van der Waals surface area contributed by atoms with Crippen molar-refractivity contribution < 1.29 is 24.2 Å². The number of benzene rings is 1. The number of hydrogen-bond donors (Lipinski definition) is 2. The summed E-state index contributed by atoms with van der Waals surface area (Å²) in [6.07, 6.45) is 1.18. The van der Waals surface area contributed by atoms with Gasteiger partial charge in [-0.1, -0.05) is 11.6 Å². The summed E-state index contributed by atoms with van der Waals surface area (Å²) in [7, 11) is 0. The summed E-state index contributed by atoms with van der Waals surface area (Å²) in [6, 6.07) is 3.01. The van der Waals surface area contributed by atoms with Gasteiger partial charge in [-0.2, -0.15) is 0 Å². The minimum Gasteiger partial charge on any atom is -0.481 e. The van der Waals surface area contributed by atoms with Crippen LogP contribution in [0.4, 0.5) is 0 Å². The largest absolute Gasteiger partial charge is 0.481 e. The molecule has 1 amide bonds. The Bertz CT molecular complexity index is 597. The molecule has 0 radical (unpaired) electrons. The third-order valence-corrected chi connectivity index (χ3v) is 3.86. The van der Waals surface area contributed by atoms with E-state index in [2.05, 4.69) is 5.32 Å². The van der Waals surface area contributed by atoms with Crippen LogP contribution in [0, 0.1) is 5.41 Å². The van der Waals surface area contributed by atoms with Crippen molar-refractivity contribution in [2.24, 2.45) is 5.41 Å². The van der Waals surface area contributed by atoms with Crippen LogP contribution >= 0.6 is 11.6 Å². The Hall–Kier alpha value is -1.95. The minimum absolute atomic E-state index is 0.0717. The fourth-order valence-corrected chi connectivity index (χ4v) is 2.33. The number of fused-ring (bicyclic) bond motifs is 1. The zero-order valence-electron chi connectivity index (χ0n) is 10.4. The first kappa shape index (κ1) is 13.1. The van der Waals surface area contributed by atoms with Crippen molar-refractivity contribution >= 4 is 23.5 Å². The van der Waals surface area contributed by atoms with Crippen LogP contribution in [-0.4, -0.2) is 30.3 Å². The van der Waals surface area contributed by atoms with Gasteiger partial charge in [0.2, 0.25) is 6.79 Å². The number of nitrogens with one attached hydrogen (secondary N) is 1. The number of hydrogen-bond acceptors (Lipinski definition) is 4. The Morgan fingerprint density at radius 1 is 1.35 bits per heavy atom. The monoisotopic (exact) mass is 297 g/mol. The molecule has 0 aromatic heterocycles. The highest BCUT2D eigenvalue weighted by Gasteiger charge is 2.50.